The molecule has 1 aromatic carbocycles. The first-order valence-electron chi connectivity index (χ1n) is 9.24. The molecule has 2 heterocycles. The molecule has 0 radical (unpaired) electrons. The Balaban J connectivity index is 1.42. The number of rotatable bonds is 6. The average molecular weight is 388 g/mol. The van der Waals surface area contributed by atoms with Crippen molar-refractivity contribution < 1.29 is 9.59 Å². The number of carbonyl (C=O) groups is 2. The summed E-state index contributed by atoms with van der Waals surface area (Å²) in [4.78, 5) is 29.4. The van der Waals surface area contributed by atoms with Gasteiger partial charge in [-0.2, -0.15) is 0 Å². The van der Waals surface area contributed by atoms with Gasteiger partial charge in [0, 0.05) is 32.7 Å². The Morgan fingerprint density at radius 2 is 1.96 bits per heavy atom. The molecule has 1 N–H and O–H groups in total. The van der Waals surface area contributed by atoms with Gasteiger partial charge in [-0.05, 0) is 36.9 Å². The van der Waals surface area contributed by atoms with Gasteiger partial charge in [-0.3, -0.25) is 14.5 Å². The zero-order valence-electron chi connectivity index (χ0n) is 15.6. The maximum absolute atomic E-state index is 12.6. The highest BCUT2D eigenvalue weighted by Crippen LogP contribution is 2.14. The Labute approximate surface area is 163 Å². The fraction of sp³-hybridized carbons (Fsp3) is 0.474. The van der Waals surface area contributed by atoms with E-state index in [1.165, 1.54) is 5.56 Å². The summed E-state index contributed by atoms with van der Waals surface area (Å²) in [6, 6.07) is 10.1. The maximum Gasteiger partial charge on any atom is 0.267 e. The van der Waals surface area contributed by atoms with E-state index in [2.05, 4.69) is 31.9 Å². The number of aryl methyl sites for hydroxylation is 1. The van der Waals surface area contributed by atoms with Gasteiger partial charge < -0.3 is 10.2 Å². The molecule has 0 aliphatic carbocycles. The number of aromatic nitrogens is 2. The lowest BCUT2D eigenvalue weighted by atomic mass is 10.1. The number of hydrogen-bond acceptors (Lipinski definition) is 6. The molecule has 0 spiro atoms. The number of nitrogens with zero attached hydrogens (tertiary/aromatic N) is 4. The number of nitrogens with one attached hydrogen (secondary N) is 1. The van der Waals surface area contributed by atoms with Gasteiger partial charge in [0.2, 0.25) is 5.91 Å². The molecular formula is C19H25N5O2S. The molecule has 144 valence electrons. The lowest BCUT2D eigenvalue weighted by Gasteiger charge is -2.21. The van der Waals surface area contributed by atoms with E-state index >= 15 is 0 Å². The van der Waals surface area contributed by atoms with Crippen molar-refractivity contribution in [3.8, 4) is 0 Å². The fourth-order valence-electron chi connectivity index (χ4n) is 3.15. The van der Waals surface area contributed by atoms with Gasteiger partial charge in [-0.25, -0.2) is 0 Å². The molecular weight excluding hydrogens is 362 g/mol. The van der Waals surface area contributed by atoms with E-state index in [9.17, 15) is 9.59 Å². The summed E-state index contributed by atoms with van der Waals surface area (Å²) in [7, 11) is 0. The highest BCUT2D eigenvalue weighted by Gasteiger charge is 2.24. The molecule has 3 rings (SSSR count). The molecule has 1 aliphatic rings. The van der Waals surface area contributed by atoms with Crippen LogP contribution in [0.2, 0.25) is 0 Å². The van der Waals surface area contributed by atoms with Crippen LogP contribution in [0.1, 0.15) is 27.3 Å². The van der Waals surface area contributed by atoms with Gasteiger partial charge in [0.15, 0.2) is 0 Å². The van der Waals surface area contributed by atoms with E-state index in [1.807, 2.05) is 23.1 Å². The van der Waals surface area contributed by atoms with Gasteiger partial charge in [-0.1, -0.05) is 34.8 Å². The minimum absolute atomic E-state index is 0.00309. The third kappa shape index (κ3) is 5.58. The van der Waals surface area contributed by atoms with Crippen LogP contribution in [-0.4, -0.2) is 70.5 Å². The van der Waals surface area contributed by atoms with Crippen molar-refractivity contribution in [1.82, 2.24) is 24.7 Å². The van der Waals surface area contributed by atoms with Crippen LogP contribution < -0.4 is 5.32 Å². The third-order valence-electron chi connectivity index (χ3n) is 4.67. The molecule has 2 aromatic rings. The Hall–Kier alpha value is -2.32. The van der Waals surface area contributed by atoms with Crippen molar-refractivity contribution in [2.75, 3.05) is 39.3 Å². The molecule has 8 heteroatoms. The van der Waals surface area contributed by atoms with Crippen molar-refractivity contribution in [1.29, 1.82) is 0 Å². The monoisotopic (exact) mass is 387 g/mol. The second-order valence-electron chi connectivity index (χ2n) is 6.69. The smallest absolute Gasteiger partial charge is 0.267 e. The molecule has 27 heavy (non-hydrogen) atoms. The van der Waals surface area contributed by atoms with Crippen LogP contribution in [0, 0.1) is 6.92 Å². The fourth-order valence-corrected chi connectivity index (χ4v) is 3.78. The molecule has 2 amide bonds. The van der Waals surface area contributed by atoms with Crippen LogP contribution in [0.25, 0.3) is 0 Å². The minimum atomic E-state index is -0.00309. The van der Waals surface area contributed by atoms with Crippen LogP contribution in [0.3, 0.4) is 0 Å². The Morgan fingerprint density at radius 1 is 1.15 bits per heavy atom. The quantitative estimate of drug-likeness (QED) is 0.810. The summed E-state index contributed by atoms with van der Waals surface area (Å²) in [5, 5.41) is 6.91. The standard InChI is InChI=1S/C19H25N5O2S/c1-15-18(27-22-21-15)19(26)24-11-5-10-23(12-13-24)14-17(25)20-9-8-16-6-3-2-4-7-16/h2-4,6-7H,5,8-14H2,1H3,(H,20,25). The molecule has 1 fully saturated rings. The maximum atomic E-state index is 12.6. The summed E-state index contributed by atoms with van der Waals surface area (Å²) < 4.78 is 3.85. The molecule has 0 saturated carbocycles. The van der Waals surface area contributed by atoms with Crippen LogP contribution in [0.15, 0.2) is 30.3 Å². The van der Waals surface area contributed by atoms with E-state index in [4.69, 9.17) is 0 Å². The summed E-state index contributed by atoms with van der Waals surface area (Å²) >= 11 is 1.15. The summed E-state index contributed by atoms with van der Waals surface area (Å²) in [6.07, 6.45) is 1.69. The number of amides is 2. The topological polar surface area (TPSA) is 78.4 Å². The predicted molar refractivity (Wildman–Crippen MR) is 105 cm³/mol. The highest BCUT2D eigenvalue weighted by atomic mass is 32.1. The minimum Gasteiger partial charge on any atom is -0.355 e. The van der Waals surface area contributed by atoms with Gasteiger partial charge in [-0.15, -0.1) is 5.10 Å². The summed E-state index contributed by atoms with van der Waals surface area (Å²) in [5.41, 5.74) is 1.90. The van der Waals surface area contributed by atoms with Crippen molar-refractivity contribution in [2.45, 2.75) is 19.8 Å². The number of hydrogen-bond donors (Lipinski definition) is 1. The zero-order valence-corrected chi connectivity index (χ0v) is 16.4. The molecule has 0 bridgehead atoms. The third-order valence-corrected chi connectivity index (χ3v) is 5.48. The zero-order chi connectivity index (χ0) is 19.1. The van der Waals surface area contributed by atoms with Crippen LogP contribution in [0.4, 0.5) is 0 Å². The SMILES string of the molecule is Cc1nnsc1C(=O)N1CCCN(CC(=O)NCCc2ccccc2)CC1. The van der Waals surface area contributed by atoms with Gasteiger partial charge in [0.1, 0.15) is 4.88 Å². The Morgan fingerprint density at radius 3 is 2.70 bits per heavy atom. The van der Waals surface area contributed by atoms with Crippen molar-refractivity contribution in [3.63, 3.8) is 0 Å². The Bertz CT molecular complexity index is 764. The van der Waals surface area contributed by atoms with Crippen LogP contribution in [-0.2, 0) is 11.2 Å². The van der Waals surface area contributed by atoms with Gasteiger partial charge in [0.25, 0.3) is 5.91 Å². The van der Waals surface area contributed by atoms with E-state index < -0.39 is 0 Å². The molecule has 0 unspecified atom stereocenters. The first-order valence-corrected chi connectivity index (χ1v) is 10.0. The largest absolute Gasteiger partial charge is 0.355 e. The van der Waals surface area contributed by atoms with Crippen LogP contribution >= 0.6 is 11.5 Å². The lowest BCUT2D eigenvalue weighted by molar-refractivity contribution is -0.122. The lowest BCUT2D eigenvalue weighted by Crippen LogP contribution is -2.40. The van der Waals surface area contributed by atoms with Crippen molar-refractivity contribution >= 4 is 23.3 Å². The predicted octanol–water partition coefficient (Wildman–Crippen LogP) is 1.35. The van der Waals surface area contributed by atoms with E-state index in [-0.39, 0.29) is 11.8 Å². The van der Waals surface area contributed by atoms with Gasteiger partial charge >= 0.3 is 0 Å². The highest BCUT2D eigenvalue weighted by molar-refractivity contribution is 7.07. The Kier molecular flexibility index (Phi) is 6.89. The average Bonchev–Trinajstić information content (AvgIpc) is 2.96. The molecule has 1 saturated heterocycles. The van der Waals surface area contributed by atoms with E-state index in [1.54, 1.807) is 6.92 Å². The first-order chi connectivity index (χ1) is 13.1. The van der Waals surface area contributed by atoms with Crippen molar-refractivity contribution in [3.05, 3.63) is 46.5 Å². The second kappa shape index (κ2) is 9.57. The normalized spacial score (nSPS) is 15.4. The second-order valence-corrected chi connectivity index (χ2v) is 7.45. The molecule has 1 aliphatic heterocycles. The van der Waals surface area contributed by atoms with Crippen LogP contribution in [0.5, 0.6) is 0 Å². The van der Waals surface area contributed by atoms with E-state index in [0.29, 0.717) is 43.3 Å². The number of benzene rings is 1. The first kappa shape index (κ1) is 19.4. The van der Waals surface area contributed by atoms with Crippen molar-refractivity contribution in [2.24, 2.45) is 0 Å². The molecule has 0 atom stereocenters. The van der Waals surface area contributed by atoms with E-state index in [0.717, 1.165) is 30.9 Å². The van der Waals surface area contributed by atoms with Gasteiger partial charge in [0.05, 0.1) is 12.2 Å². The molecule has 7 nitrogen and oxygen atoms in total. The summed E-state index contributed by atoms with van der Waals surface area (Å²) in [6.45, 7) is 5.65. The summed E-state index contributed by atoms with van der Waals surface area (Å²) in [5.74, 6) is 0.0323. The number of carbonyl (C=O) groups excluding carboxylic acids is 2. The molecule has 1 aromatic heterocycles.